The van der Waals surface area contributed by atoms with Crippen LogP contribution in [0.2, 0.25) is 0 Å². The summed E-state index contributed by atoms with van der Waals surface area (Å²) in [6.07, 6.45) is 3.66. The van der Waals surface area contributed by atoms with Crippen molar-refractivity contribution in [3.8, 4) is 11.3 Å². The molecule has 1 N–H and O–H groups in total. The number of hydrogen-bond acceptors (Lipinski definition) is 3. The highest BCUT2D eigenvalue weighted by Crippen LogP contribution is 2.21. The third kappa shape index (κ3) is 5.07. The van der Waals surface area contributed by atoms with Gasteiger partial charge in [-0.1, -0.05) is 48.0 Å². The van der Waals surface area contributed by atoms with E-state index in [1.165, 1.54) is 12.1 Å². The molecule has 136 valence electrons. The fourth-order valence-corrected chi connectivity index (χ4v) is 2.59. The van der Waals surface area contributed by atoms with E-state index >= 15 is 0 Å². The van der Waals surface area contributed by atoms with Crippen LogP contribution in [0.15, 0.2) is 66.4 Å². The quantitative estimate of drug-likeness (QED) is 0.704. The van der Waals surface area contributed by atoms with E-state index in [0.29, 0.717) is 11.5 Å². The second kappa shape index (κ2) is 8.36. The molecule has 0 saturated heterocycles. The zero-order valence-corrected chi connectivity index (χ0v) is 15.2. The molecule has 0 aliphatic heterocycles. The molecular weight excluding hydrogens is 341 g/mol. The van der Waals surface area contributed by atoms with Gasteiger partial charge in [-0.05, 0) is 37.6 Å². The SMILES string of the molecule is CC(C)=Cc1nc(-c2ccccc2)cnc1NC(=O)Cc1ccc(F)cc1. The first kappa shape index (κ1) is 18.5. The molecule has 3 rings (SSSR count). The number of halogens is 1. The lowest BCUT2D eigenvalue weighted by molar-refractivity contribution is -0.115. The van der Waals surface area contributed by atoms with Crippen molar-refractivity contribution in [2.24, 2.45) is 0 Å². The highest BCUT2D eigenvalue weighted by atomic mass is 19.1. The van der Waals surface area contributed by atoms with Gasteiger partial charge in [-0.2, -0.15) is 0 Å². The highest BCUT2D eigenvalue weighted by molar-refractivity contribution is 5.93. The first-order chi connectivity index (χ1) is 13.0. The number of nitrogens with zero attached hydrogens (tertiary/aromatic N) is 2. The van der Waals surface area contributed by atoms with E-state index in [1.54, 1.807) is 18.3 Å². The molecule has 0 saturated carbocycles. The Morgan fingerprint density at radius 1 is 1.07 bits per heavy atom. The van der Waals surface area contributed by atoms with Crippen molar-refractivity contribution in [2.45, 2.75) is 20.3 Å². The largest absolute Gasteiger partial charge is 0.309 e. The van der Waals surface area contributed by atoms with Gasteiger partial charge < -0.3 is 5.32 Å². The maximum atomic E-state index is 13.0. The Bertz CT molecular complexity index is 963. The lowest BCUT2D eigenvalue weighted by atomic mass is 10.1. The molecule has 0 atom stereocenters. The van der Waals surface area contributed by atoms with Gasteiger partial charge in [-0.3, -0.25) is 4.79 Å². The van der Waals surface area contributed by atoms with E-state index in [0.717, 1.165) is 22.4 Å². The highest BCUT2D eigenvalue weighted by Gasteiger charge is 2.11. The summed E-state index contributed by atoms with van der Waals surface area (Å²) in [5, 5.41) is 2.81. The molecule has 2 aromatic carbocycles. The first-order valence-electron chi connectivity index (χ1n) is 8.63. The average Bonchev–Trinajstić information content (AvgIpc) is 2.65. The van der Waals surface area contributed by atoms with Gasteiger partial charge in [-0.25, -0.2) is 14.4 Å². The maximum absolute atomic E-state index is 13.0. The number of carbonyl (C=O) groups is 1. The number of aromatic nitrogens is 2. The Labute approximate surface area is 157 Å². The lowest BCUT2D eigenvalue weighted by Gasteiger charge is -2.10. The number of nitrogens with one attached hydrogen (secondary N) is 1. The zero-order chi connectivity index (χ0) is 19.2. The predicted molar refractivity (Wildman–Crippen MR) is 106 cm³/mol. The van der Waals surface area contributed by atoms with E-state index in [1.807, 2.05) is 50.3 Å². The molecule has 1 heterocycles. The Morgan fingerprint density at radius 3 is 2.44 bits per heavy atom. The first-order valence-corrected chi connectivity index (χ1v) is 8.63. The smallest absolute Gasteiger partial charge is 0.230 e. The van der Waals surface area contributed by atoms with Crippen LogP contribution in [-0.2, 0) is 11.2 Å². The summed E-state index contributed by atoms with van der Waals surface area (Å²) < 4.78 is 13.0. The van der Waals surface area contributed by atoms with Crippen molar-refractivity contribution in [2.75, 3.05) is 5.32 Å². The Balaban J connectivity index is 1.84. The molecule has 0 fully saturated rings. The molecule has 27 heavy (non-hydrogen) atoms. The zero-order valence-electron chi connectivity index (χ0n) is 15.2. The van der Waals surface area contributed by atoms with Gasteiger partial charge in [0.05, 0.1) is 18.3 Å². The Kier molecular flexibility index (Phi) is 5.71. The minimum Gasteiger partial charge on any atom is -0.309 e. The van der Waals surface area contributed by atoms with Gasteiger partial charge in [0, 0.05) is 5.56 Å². The van der Waals surface area contributed by atoms with Crippen LogP contribution < -0.4 is 5.32 Å². The van der Waals surface area contributed by atoms with Gasteiger partial charge in [0.25, 0.3) is 0 Å². The van der Waals surface area contributed by atoms with Crippen LogP contribution in [0, 0.1) is 5.82 Å². The van der Waals surface area contributed by atoms with Crippen molar-refractivity contribution in [3.05, 3.63) is 83.4 Å². The number of anilines is 1. The standard InChI is InChI=1S/C22H20FN3O/c1-15(2)12-19-22(24-14-20(25-19)17-6-4-3-5-7-17)26-21(27)13-16-8-10-18(23)11-9-16/h3-12,14H,13H2,1-2H3,(H,24,26,27). The summed E-state index contributed by atoms with van der Waals surface area (Å²) in [6, 6.07) is 15.6. The summed E-state index contributed by atoms with van der Waals surface area (Å²) in [7, 11) is 0. The Morgan fingerprint density at radius 2 is 1.78 bits per heavy atom. The van der Waals surface area contributed by atoms with Crippen molar-refractivity contribution in [1.82, 2.24) is 9.97 Å². The molecule has 4 nitrogen and oxygen atoms in total. The predicted octanol–water partition coefficient (Wildman–Crippen LogP) is 4.89. The number of benzene rings is 2. The molecule has 0 unspecified atom stereocenters. The van der Waals surface area contributed by atoms with Crippen LogP contribution in [-0.4, -0.2) is 15.9 Å². The van der Waals surface area contributed by atoms with E-state index in [2.05, 4.69) is 15.3 Å². The molecule has 0 spiro atoms. The van der Waals surface area contributed by atoms with Gasteiger partial charge in [-0.15, -0.1) is 0 Å². The van der Waals surface area contributed by atoms with E-state index in [-0.39, 0.29) is 18.1 Å². The van der Waals surface area contributed by atoms with E-state index in [9.17, 15) is 9.18 Å². The van der Waals surface area contributed by atoms with Gasteiger partial charge in [0.1, 0.15) is 11.5 Å². The third-order valence-electron chi connectivity index (χ3n) is 3.83. The van der Waals surface area contributed by atoms with Crippen molar-refractivity contribution in [1.29, 1.82) is 0 Å². The normalized spacial score (nSPS) is 10.3. The second-order valence-electron chi connectivity index (χ2n) is 6.43. The summed E-state index contributed by atoms with van der Waals surface area (Å²) in [5.74, 6) is -0.151. The minimum absolute atomic E-state index is 0.136. The number of carbonyl (C=O) groups excluding carboxylic acids is 1. The topological polar surface area (TPSA) is 54.9 Å². The van der Waals surface area contributed by atoms with Crippen LogP contribution in [0.25, 0.3) is 17.3 Å². The molecule has 3 aromatic rings. The van der Waals surface area contributed by atoms with Crippen molar-refractivity contribution >= 4 is 17.8 Å². The van der Waals surface area contributed by atoms with Crippen LogP contribution in [0.4, 0.5) is 10.2 Å². The Hall–Kier alpha value is -3.34. The molecule has 0 bridgehead atoms. The molecule has 0 aliphatic rings. The summed E-state index contributed by atoms with van der Waals surface area (Å²) in [5.41, 5.74) is 4.07. The van der Waals surface area contributed by atoms with E-state index in [4.69, 9.17) is 0 Å². The number of hydrogen-bond donors (Lipinski definition) is 1. The molecular formula is C22H20FN3O. The summed E-state index contributed by atoms with van der Waals surface area (Å²) >= 11 is 0. The average molecular weight is 361 g/mol. The van der Waals surface area contributed by atoms with Crippen LogP contribution in [0.1, 0.15) is 25.1 Å². The van der Waals surface area contributed by atoms with Gasteiger partial charge >= 0.3 is 0 Å². The fraction of sp³-hybridized carbons (Fsp3) is 0.136. The van der Waals surface area contributed by atoms with E-state index < -0.39 is 0 Å². The van der Waals surface area contributed by atoms with Gasteiger partial charge in [0.2, 0.25) is 5.91 Å². The summed E-state index contributed by atoms with van der Waals surface area (Å²) in [6.45, 7) is 3.92. The molecule has 1 aromatic heterocycles. The number of rotatable bonds is 5. The molecule has 1 amide bonds. The maximum Gasteiger partial charge on any atom is 0.230 e. The third-order valence-corrected chi connectivity index (χ3v) is 3.83. The van der Waals surface area contributed by atoms with Crippen molar-refractivity contribution < 1.29 is 9.18 Å². The van der Waals surface area contributed by atoms with Crippen LogP contribution in [0.3, 0.4) is 0 Å². The minimum atomic E-state index is -0.327. The number of allylic oxidation sites excluding steroid dienone is 1. The van der Waals surface area contributed by atoms with Gasteiger partial charge in [0.15, 0.2) is 5.82 Å². The summed E-state index contributed by atoms with van der Waals surface area (Å²) in [4.78, 5) is 21.4. The monoisotopic (exact) mass is 361 g/mol. The molecule has 5 heteroatoms. The number of amides is 1. The lowest BCUT2D eigenvalue weighted by Crippen LogP contribution is -2.16. The fourth-order valence-electron chi connectivity index (χ4n) is 2.59. The second-order valence-corrected chi connectivity index (χ2v) is 6.43. The molecule has 0 aliphatic carbocycles. The molecule has 0 radical (unpaired) electrons. The van der Waals surface area contributed by atoms with Crippen LogP contribution >= 0.6 is 0 Å². The van der Waals surface area contributed by atoms with Crippen molar-refractivity contribution in [3.63, 3.8) is 0 Å². The van der Waals surface area contributed by atoms with Crippen LogP contribution in [0.5, 0.6) is 0 Å².